The number of carbonyl (C=O) groups excluding carboxylic acids is 1. The van der Waals surface area contributed by atoms with Crippen LogP contribution >= 0.6 is 11.8 Å². The summed E-state index contributed by atoms with van der Waals surface area (Å²) in [5.41, 5.74) is 3.13. The zero-order chi connectivity index (χ0) is 20.9. The summed E-state index contributed by atoms with van der Waals surface area (Å²) in [6.07, 6.45) is 1.73. The molecule has 0 bridgehead atoms. The van der Waals surface area contributed by atoms with E-state index >= 15 is 0 Å². The number of aromatic nitrogens is 2. The standard InChI is InChI=1S/C24H19FN2O2S/c1-29-21-13-7-17(8-14-21)16-30-24-26-22(18-5-3-2-4-6-18)15-27(24)23(28)19-9-11-20(25)12-10-19/h2-15H,16H2,1H3. The molecule has 150 valence electrons. The number of carbonyl (C=O) groups is 1. The van der Waals surface area contributed by atoms with Crippen LogP contribution in [0.4, 0.5) is 4.39 Å². The minimum absolute atomic E-state index is 0.248. The van der Waals surface area contributed by atoms with Gasteiger partial charge in [0, 0.05) is 23.1 Å². The summed E-state index contributed by atoms with van der Waals surface area (Å²) in [5.74, 6) is 0.813. The predicted molar refractivity (Wildman–Crippen MR) is 116 cm³/mol. The van der Waals surface area contributed by atoms with E-state index in [0.29, 0.717) is 22.2 Å². The third kappa shape index (κ3) is 4.44. The van der Waals surface area contributed by atoms with E-state index in [1.807, 2.05) is 54.6 Å². The van der Waals surface area contributed by atoms with Crippen molar-refractivity contribution < 1.29 is 13.9 Å². The van der Waals surface area contributed by atoms with E-state index in [9.17, 15) is 9.18 Å². The number of ether oxygens (including phenoxy) is 1. The average Bonchev–Trinajstić information content (AvgIpc) is 3.23. The quantitative estimate of drug-likeness (QED) is 0.378. The molecule has 4 aromatic rings. The molecule has 0 atom stereocenters. The number of halogens is 1. The lowest BCUT2D eigenvalue weighted by molar-refractivity contribution is 0.0950. The molecule has 4 nitrogen and oxygen atoms in total. The van der Waals surface area contributed by atoms with Crippen molar-refractivity contribution in [2.45, 2.75) is 10.9 Å². The lowest BCUT2D eigenvalue weighted by atomic mass is 10.2. The summed E-state index contributed by atoms with van der Waals surface area (Å²) >= 11 is 1.47. The highest BCUT2D eigenvalue weighted by atomic mass is 32.2. The molecule has 0 aliphatic rings. The number of nitrogens with zero attached hydrogens (tertiary/aromatic N) is 2. The van der Waals surface area contributed by atoms with Gasteiger partial charge in [0.25, 0.3) is 5.91 Å². The normalized spacial score (nSPS) is 10.7. The SMILES string of the molecule is COc1ccc(CSc2nc(-c3ccccc3)cn2C(=O)c2ccc(F)cc2)cc1. The second-order valence-corrected chi connectivity index (χ2v) is 7.54. The van der Waals surface area contributed by atoms with Crippen molar-refractivity contribution in [3.05, 3.63) is 102 Å². The maximum atomic E-state index is 13.3. The van der Waals surface area contributed by atoms with Crippen LogP contribution in [-0.2, 0) is 5.75 Å². The molecule has 1 heterocycles. The summed E-state index contributed by atoms with van der Waals surface area (Å²) in [6.45, 7) is 0. The molecule has 0 amide bonds. The lowest BCUT2D eigenvalue weighted by Gasteiger charge is -2.07. The van der Waals surface area contributed by atoms with E-state index in [-0.39, 0.29) is 11.7 Å². The minimum atomic E-state index is -0.378. The fraction of sp³-hybridized carbons (Fsp3) is 0.0833. The predicted octanol–water partition coefficient (Wildman–Crippen LogP) is 5.68. The molecule has 3 aromatic carbocycles. The summed E-state index contributed by atoms with van der Waals surface area (Å²) in [4.78, 5) is 17.8. The van der Waals surface area contributed by atoms with Crippen LogP contribution in [0.1, 0.15) is 15.9 Å². The van der Waals surface area contributed by atoms with Gasteiger partial charge in [-0.25, -0.2) is 9.37 Å². The van der Waals surface area contributed by atoms with Crippen LogP contribution in [0, 0.1) is 5.82 Å². The molecule has 4 rings (SSSR count). The van der Waals surface area contributed by atoms with Gasteiger partial charge in [-0.05, 0) is 42.0 Å². The number of imidazole rings is 1. The van der Waals surface area contributed by atoms with Gasteiger partial charge in [-0.3, -0.25) is 9.36 Å². The van der Waals surface area contributed by atoms with Gasteiger partial charge < -0.3 is 4.74 Å². The number of thioether (sulfide) groups is 1. The van der Waals surface area contributed by atoms with Crippen molar-refractivity contribution in [3.8, 4) is 17.0 Å². The van der Waals surface area contributed by atoms with E-state index in [0.717, 1.165) is 16.9 Å². The van der Waals surface area contributed by atoms with Crippen molar-refractivity contribution in [2.75, 3.05) is 7.11 Å². The first-order valence-electron chi connectivity index (χ1n) is 9.35. The average molecular weight is 418 g/mol. The number of hydrogen-bond donors (Lipinski definition) is 0. The van der Waals surface area contributed by atoms with Crippen molar-refractivity contribution in [2.24, 2.45) is 0 Å². The van der Waals surface area contributed by atoms with Gasteiger partial charge in [-0.2, -0.15) is 0 Å². The Morgan fingerprint density at radius 1 is 1.00 bits per heavy atom. The molecule has 0 aliphatic heterocycles. The lowest BCUT2D eigenvalue weighted by Crippen LogP contribution is -2.12. The Hall–Kier alpha value is -3.38. The van der Waals surface area contributed by atoms with Gasteiger partial charge in [0.05, 0.1) is 12.8 Å². The van der Waals surface area contributed by atoms with Gasteiger partial charge in [0.2, 0.25) is 0 Å². The van der Waals surface area contributed by atoms with Gasteiger partial charge in [-0.15, -0.1) is 0 Å². The molecule has 0 unspecified atom stereocenters. The molecule has 0 saturated carbocycles. The van der Waals surface area contributed by atoms with Crippen molar-refractivity contribution >= 4 is 17.7 Å². The van der Waals surface area contributed by atoms with Crippen LogP contribution < -0.4 is 4.74 Å². The fourth-order valence-corrected chi connectivity index (χ4v) is 3.89. The van der Waals surface area contributed by atoms with Crippen molar-refractivity contribution in [1.29, 1.82) is 0 Å². The van der Waals surface area contributed by atoms with Crippen LogP contribution in [0.2, 0.25) is 0 Å². The summed E-state index contributed by atoms with van der Waals surface area (Å²) < 4.78 is 20.0. The van der Waals surface area contributed by atoms with E-state index < -0.39 is 0 Å². The molecule has 0 saturated heterocycles. The molecule has 1 aromatic heterocycles. The van der Waals surface area contributed by atoms with Crippen LogP contribution in [0.25, 0.3) is 11.3 Å². The molecule has 0 fully saturated rings. The first-order valence-corrected chi connectivity index (χ1v) is 10.3. The maximum absolute atomic E-state index is 13.3. The first kappa shape index (κ1) is 19.9. The topological polar surface area (TPSA) is 44.1 Å². The molecule has 0 aliphatic carbocycles. The number of benzene rings is 3. The zero-order valence-electron chi connectivity index (χ0n) is 16.3. The van der Waals surface area contributed by atoms with Gasteiger partial charge in [0.1, 0.15) is 11.6 Å². The van der Waals surface area contributed by atoms with E-state index in [1.54, 1.807) is 13.3 Å². The Morgan fingerprint density at radius 3 is 2.37 bits per heavy atom. The summed E-state index contributed by atoms with van der Waals surface area (Å²) in [6, 6.07) is 23.0. The van der Waals surface area contributed by atoms with Gasteiger partial charge in [-0.1, -0.05) is 54.2 Å². The van der Waals surface area contributed by atoms with E-state index in [2.05, 4.69) is 0 Å². The minimum Gasteiger partial charge on any atom is -0.497 e. The Kier molecular flexibility index (Phi) is 5.95. The highest BCUT2D eigenvalue weighted by Crippen LogP contribution is 2.28. The number of methoxy groups -OCH3 is 1. The highest BCUT2D eigenvalue weighted by Gasteiger charge is 2.17. The summed E-state index contributed by atoms with van der Waals surface area (Å²) in [7, 11) is 1.63. The Bertz CT molecular complexity index is 1140. The van der Waals surface area contributed by atoms with Crippen LogP contribution in [0.15, 0.2) is 90.2 Å². The second kappa shape index (κ2) is 8.97. The summed E-state index contributed by atoms with van der Waals surface area (Å²) in [5, 5.41) is 0.582. The Balaban J connectivity index is 1.65. The van der Waals surface area contributed by atoms with Crippen molar-refractivity contribution in [1.82, 2.24) is 9.55 Å². The smallest absolute Gasteiger partial charge is 0.264 e. The van der Waals surface area contributed by atoms with Crippen LogP contribution in [-0.4, -0.2) is 22.6 Å². The van der Waals surface area contributed by atoms with Crippen LogP contribution in [0.5, 0.6) is 5.75 Å². The second-order valence-electron chi connectivity index (χ2n) is 6.59. The van der Waals surface area contributed by atoms with Crippen molar-refractivity contribution in [3.63, 3.8) is 0 Å². The van der Waals surface area contributed by atoms with Gasteiger partial charge >= 0.3 is 0 Å². The molecule has 0 N–H and O–H groups in total. The molecule has 0 spiro atoms. The van der Waals surface area contributed by atoms with E-state index in [4.69, 9.17) is 9.72 Å². The molecule has 30 heavy (non-hydrogen) atoms. The Morgan fingerprint density at radius 2 is 1.70 bits per heavy atom. The molecular weight excluding hydrogens is 399 g/mol. The third-order valence-corrected chi connectivity index (χ3v) is 5.60. The molecule has 6 heteroatoms. The van der Waals surface area contributed by atoms with Crippen LogP contribution in [0.3, 0.4) is 0 Å². The number of rotatable bonds is 6. The molecule has 0 radical (unpaired) electrons. The monoisotopic (exact) mass is 418 g/mol. The number of hydrogen-bond acceptors (Lipinski definition) is 4. The third-order valence-electron chi connectivity index (χ3n) is 4.58. The van der Waals surface area contributed by atoms with Gasteiger partial charge in [0.15, 0.2) is 5.16 Å². The molecular formula is C24H19FN2O2S. The fourth-order valence-electron chi connectivity index (χ4n) is 2.96. The maximum Gasteiger partial charge on any atom is 0.264 e. The largest absolute Gasteiger partial charge is 0.497 e. The zero-order valence-corrected chi connectivity index (χ0v) is 17.1. The van der Waals surface area contributed by atoms with E-state index in [1.165, 1.54) is 40.6 Å². The Labute approximate surface area is 178 Å². The highest BCUT2D eigenvalue weighted by molar-refractivity contribution is 7.98. The first-order chi connectivity index (χ1) is 14.6.